The molecule has 0 aliphatic carbocycles. The molecule has 0 amide bonds. The van der Waals surface area contributed by atoms with Gasteiger partial charge in [0.15, 0.2) is 0 Å². The van der Waals surface area contributed by atoms with Crippen molar-refractivity contribution in [3.8, 4) is 17.9 Å². The molecule has 1 aromatic carbocycles. The van der Waals surface area contributed by atoms with E-state index in [4.69, 9.17) is 10.4 Å². The van der Waals surface area contributed by atoms with Gasteiger partial charge in [0.2, 0.25) is 0 Å². The van der Waals surface area contributed by atoms with Crippen LogP contribution in [0.4, 0.5) is 0 Å². The number of nitrogens with zero attached hydrogens (tertiary/aromatic N) is 1. The zero-order valence-electron chi connectivity index (χ0n) is 8.24. The summed E-state index contributed by atoms with van der Waals surface area (Å²) in [5.74, 6) is 4.20. The highest BCUT2D eigenvalue weighted by Crippen LogP contribution is 2.09. The SMILES string of the molecule is Cc1ccc(C#CCC(=O)O)c(C#N)c1. The average Bonchev–Trinajstić information content (AvgIpc) is 2.19. The summed E-state index contributed by atoms with van der Waals surface area (Å²) in [4.78, 5) is 10.2. The lowest BCUT2D eigenvalue weighted by Gasteiger charge is -1.96. The number of carboxylic acids is 1. The van der Waals surface area contributed by atoms with Gasteiger partial charge >= 0.3 is 5.97 Å². The molecule has 0 fully saturated rings. The predicted octanol–water partition coefficient (Wildman–Crippen LogP) is 1.69. The molecule has 0 saturated heterocycles. The first-order valence-corrected chi connectivity index (χ1v) is 4.35. The molecule has 0 heterocycles. The van der Waals surface area contributed by atoms with Crippen molar-refractivity contribution < 1.29 is 9.90 Å². The van der Waals surface area contributed by atoms with Crippen LogP contribution in [0.5, 0.6) is 0 Å². The highest BCUT2D eigenvalue weighted by atomic mass is 16.4. The number of nitriles is 1. The van der Waals surface area contributed by atoms with Gasteiger partial charge in [0.05, 0.1) is 5.56 Å². The molecular formula is C12H9NO2. The number of aliphatic carboxylic acids is 1. The highest BCUT2D eigenvalue weighted by molar-refractivity contribution is 5.70. The fourth-order valence-electron chi connectivity index (χ4n) is 1.07. The minimum Gasteiger partial charge on any atom is -0.481 e. The second-order valence-electron chi connectivity index (χ2n) is 3.03. The van der Waals surface area contributed by atoms with E-state index in [2.05, 4.69) is 11.8 Å². The molecule has 0 unspecified atom stereocenters. The first-order chi connectivity index (χ1) is 7.13. The minimum atomic E-state index is -0.965. The lowest BCUT2D eigenvalue weighted by molar-refractivity contribution is -0.135. The van der Waals surface area contributed by atoms with Crippen molar-refractivity contribution in [1.29, 1.82) is 5.26 Å². The fraction of sp³-hybridized carbons (Fsp3) is 0.167. The largest absolute Gasteiger partial charge is 0.481 e. The third kappa shape index (κ3) is 3.17. The Morgan fingerprint density at radius 3 is 2.80 bits per heavy atom. The van der Waals surface area contributed by atoms with Gasteiger partial charge in [-0.15, -0.1) is 0 Å². The van der Waals surface area contributed by atoms with Crippen LogP contribution in [0.25, 0.3) is 0 Å². The molecule has 0 spiro atoms. The first kappa shape index (κ1) is 10.8. The highest BCUT2D eigenvalue weighted by Gasteiger charge is 1.98. The normalized spacial score (nSPS) is 8.53. The molecule has 1 rings (SSSR count). The Kier molecular flexibility index (Phi) is 3.49. The zero-order valence-corrected chi connectivity index (χ0v) is 8.24. The van der Waals surface area contributed by atoms with Gasteiger partial charge in [0, 0.05) is 5.56 Å². The van der Waals surface area contributed by atoms with E-state index in [0.29, 0.717) is 11.1 Å². The van der Waals surface area contributed by atoms with Gasteiger partial charge in [-0.3, -0.25) is 4.79 Å². The molecule has 3 heteroatoms. The molecule has 0 bridgehead atoms. The van der Waals surface area contributed by atoms with Crippen LogP contribution >= 0.6 is 0 Å². The van der Waals surface area contributed by atoms with Crippen LogP contribution in [0.1, 0.15) is 23.1 Å². The van der Waals surface area contributed by atoms with Crippen molar-refractivity contribution in [3.05, 3.63) is 34.9 Å². The second-order valence-corrected chi connectivity index (χ2v) is 3.03. The summed E-state index contributed by atoms with van der Waals surface area (Å²) in [7, 11) is 0. The van der Waals surface area contributed by atoms with Crippen LogP contribution in [-0.4, -0.2) is 11.1 Å². The molecule has 0 aromatic heterocycles. The fourth-order valence-corrected chi connectivity index (χ4v) is 1.07. The van der Waals surface area contributed by atoms with E-state index in [1.165, 1.54) is 0 Å². The number of hydrogen-bond donors (Lipinski definition) is 1. The summed E-state index contributed by atoms with van der Waals surface area (Å²) in [5, 5.41) is 17.2. The second kappa shape index (κ2) is 4.83. The van der Waals surface area contributed by atoms with E-state index in [9.17, 15) is 4.79 Å². The number of carboxylic acid groups (broad SMARTS) is 1. The molecule has 0 saturated carbocycles. The number of benzene rings is 1. The van der Waals surface area contributed by atoms with Crippen molar-refractivity contribution in [3.63, 3.8) is 0 Å². The number of rotatable bonds is 1. The number of carbonyl (C=O) groups is 1. The van der Waals surface area contributed by atoms with Crippen LogP contribution in [0.15, 0.2) is 18.2 Å². The molecule has 15 heavy (non-hydrogen) atoms. The van der Waals surface area contributed by atoms with E-state index in [0.717, 1.165) is 5.56 Å². The van der Waals surface area contributed by atoms with Crippen molar-refractivity contribution >= 4 is 5.97 Å². The van der Waals surface area contributed by atoms with Gasteiger partial charge in [-0.05, 0) is 24.6 Å². The van der Waals surface area contributed by atoms with Crippen LogP contribution in [0.3, 0.4) is 0 Å². The van der Waals surface area contributed by atoms with E-state index < -0.39 is 5.97 Å². The molecular weight excluding hydrogens is 190 g/mol. The lowest BCUT2D eigenvalue weighted by atomic mass is 10.1. The lowest BCUT2D eigenvalue weighted by Crippen LogP contribution is -1.91. The third-order valence-corrected chi connectivity index (χ3v) is 1.76. The topological polar surface area (TPSA) is 61.1 Å². The van der Waals surface area contributed by atoms with Gasteiger partial charge in [-0.2, -0.15) is 5.26 Å². The van der Waals surface area contributed by atoms with Gasteiger partial charge in [-0.1, -0.05) is 17.9 Å². The van der Waals surface area contributed by atoms with Gasteiger partial charge in [0.25, 0.3) is 0 Å². The Morgan fingerprint density at radius 2 is 2.20 bits per heavy atom. The zero-order chi connectivity index (χ0) is 11.3. The van der Waals surface area contributed by atoms with Crippen LogP contribution in [0, 0.1) is 30.1 Å². The molecule has 1 aromatic rings. The van der Waals surface area contributed by atoms with Crippen LogP contribution in [-0.2, 0) is 4.79 Å². The molecule has 0 aliphatic heterocycles. The maximum Gasteiger partial charge on any atom is 0.315 e. The predicted molar refractivity (Wildman–Crippen MR) is 55.0 cm³/mol. The third-order valence-electron chi connectivity index (χ3n) is 1.76. The van der Waals surface area contributed by atoms with Crippen molar-refractivity contribution in [2.24, 2.45) is 0 Å². The summed E-state index contributed by atoms with van der Waals surface area (Å²) in [5.41, 5.74) is 2.03. The summed E-state index contributed by atoms with van der Waals surface area (Å²) in [6, 6.07) is 7.32. The summed E-state index contributed by atoms with van der Waals surface area (Å²) in [6.45, 7) is 1.88. The summed E-state index contributed by atoms with van der Waals surface area (Å²) < 4.78 is 0. The maximum absolute atomic E-state index is 10.2. The van der Waals surface area contributed by atoms with Crippen molar-refractivity contribution in [2.45, 2.75) is 13.3 Å². The Balaban J connectivity index is 2.99. The first-order valence-electron chi connectivity index (χ1n) is 4.35. The van der Waals surface area contributed by atoms with Gasteiger partial charge in [0.1, 0.15) is 12.5 Å². The Morgan fingerprint density at radius 1 is 1.47 bits per heavy atom. The quantitative estimate of drug-likeness (QED) is 0.700. The maximum atomic E-state index is 10.2. The van der Waals surface area contributed by atoms with Crippen molar-refractivity contribution in [2.75, 3.05) is 0 Å². The van der Waals surface area contributed by atoms with Gasteiger partial charge in [-0.25, -0.2) is 0 Å². The summed E-state index contributed by atoms with van der Waals surface area (Å²) in [6.07, 6.45) is -0.210. The van der Waals surface area contributed by atoms with E-state index >= 15 is 0 Å². The minimum absolute atomic E-state index is 0.210. The Labute approximate surface area is 88.0 Å². The number of aryl methyl sites for hydroxylation is 1. The molecule has 0 aliphatic rings. The molecule has 0 radical (unpaired) electrons. The molecule has 3 nitrogen and oxygen atoms in total. The monoisotopic (exact) mass is 199 g/mol. The van der Waals surface area contributed by atoms with Gasteiger partial charge < -0.3 is 5.11 Å². The summed E-state index contributed by atoms with van der Waals surface area (Å²) >= 11 is 0. The Bertz CT molecular complexity index is 487. The molecule has 1 N–H and O–H groups in total. The number of hydrogen-bond acceptors (Lipinski definition) is 2. The smallest absolute Gasteiger partial charge is 0.315 e. The van der Waals surface area contributed by atoms with Crippen molar-refractivity contribution in [1.82, 2.24) is 0 Å². The molecule has 0 atom stereocenters. The average molecular weight is 199 g/mol. The Hall–Kier alpha value is -2.26. The molecule has 74 valence electrons. The van der Waals surface area contributed by atoms with E-state index in [-0.39, 0.29) is 6.42 Å². The van der Waals surface area contributed by atoms with E-state index in [1.54, 1.807) is 12.1 Å². The van der Waals surface area contributed by atoms with Crippen LogP contribution in [0.2, 0.25) is 0 Å². The standard InChI is InChI=1S/C12H9NO2/c1-9-5-6-10(11(7-9)8-13)3-2-4-12(14)15/h5-7H,4H2,1H3,(H,14,15). The van der Waals surface area contributed by atoms with Crippen LogP contribution < -0.4 is 0 Å². The van der Waals surface area contributed by atoms with E-state index in [1.807, 2.05) is 19.1 Å².